The molecule has 0 aliphatic carbocycles. The molecule has 0 unspecified atom stereocenters. The lowest BCUT2D eigenvalue weighted by atomic mass is 10.0. The number of aromatic amines is 1. The second-order valence-corrected chi connectivity index (χ2v) is 5.71. The van der Waals surface area contributed by atoms with Crippen molar-refractivity contribution in [3.8, 4) is 11.1 Å². The Balaban J connectivity index is 2.05. The number of pyridine rings is 1. The second kappa shape index (κ2) is 6.30. The molecule has 0 amide bonds. The number of nitrogens with one attached hydrogen (secondary N) is 1. The van der Waals surface area contributed by atoms with Gasteiger partial charge in [0.15, 0.2) is 0 Å². The van der Waals surface area contributed by atoms with Gasteiger partial charge >= 0.3 is 0 Å². The van der Waals surface area contributed by atoms with Crippen LogP contribution >= 0.6 is 0 Å². The van der Waals surface area contributed by atoms with E-state index in [2.05, 4.69) is 61.1 Å². The van der Waals surface area contributed by atoms with Gasteiger partial charge in [-0.1, -0.05) is 26.8 Å². The van der Waals surface area contributed by atoms with E-state index in [1.807, 2.05) is 0 Å². The van der Waals surface area contributed by atoms with Crippen LogP contribution in [0, 0.1) is 0 Å². The SMILES string of the molecule is CCCc1nc2cc(-c3cc(CC)nc(CC)c3)ccc2[nH]1. The molecule has 0 aliphatic heterocycles. The van der Waals surface area contributed by atoms with Gasteiger partial charge in [-0.25, -0.2) is 4.98 Å². The van der Waals surface area contributed by atoms with Crippen LogP contribution in [0.5, 0.6) is 0 Å². The number of aryl methyl sites for hydroxylation is 3. The molecule has 1 N–H and O–H groups in total. The highest BCUT2D eigenvalue weighted by atomic mass is 14.9. The number of rotatable bonds is 5. The summed E-state index contributed by atoms with van der Waals surface area (Å²) >= 11 is 0. The number of nitrogens with zero attached hydrogens (tertiary/aromatic N) is 2. The lowest BCUT2D eigenvalue weighted by Gasteiger charge is -2.07. The summed E-state index contributed by atoms with van der Waals surface area (Å²) in [6, 6.07) is 10.9. The number of benzene rings is 1. The van der Waals surface area contributed by atoms with Crippen molar-refractivity contribution in [3.05, 3.63) is 47.5 Å². The number of fused-ring (bicyclic) bond motifs is 1. The lowest BCUT2D eigenvalue weighted by molar-refractivity contribution is 0.861. The molecule has 1 aromatic carbocycles. The van der Waals surface area contributed by atoms with E-state index >= 15 is 0 Å². The Hall–Kier alpha value is -2.16. The molecule has 0 saturated carbocycles. The number of hydrogen-bond donors (Lipinski definition) is 1. The molecule has 0 aliphatic rings. The average Bonchev–Trinajstić information content (AvgIpc) is 2.96. The monoisotopic (exact) mass is 293 g/mol. The zero-order valence-corrected chi connectivity index (χ0v) is 13.6. The summed E-state index contributed by atoms with van der Waals surface area (Å²) in [5.41, 5.74) is 6.94. The van der Waals surface area contributed by atoms with Gasteiger partial charge in [0.1, 0.15) is 5.82 Å². The molecule has 0 saturated heterocycles. The van der Waals surface area contributed by atoms with Crippen molar-refractivity contribution in [2.24, 2.45) is 0 Å². The third-order valence-electron chi connectivity index (χ3n) is 4.01. The van der Waals surface area contributed by atoms with Crippen LogP contribution in [0.3, 0.4) is 0 Å². The van der Waals surface area contributed by atoms with Crippen molar-refractivity contribution in [2.75, 3.05) is 0 Å². The molecule has 114 valence electrons. The van der Waals surface area contributed by atoms with E-state index in [1.54, 1.807) is 0 Å². The van der Waals surface area contributed by atoms with Crippen LogP contribution < -0.4 is 0 Å². The molecule has 0 bridgehead atoms. The van der Waals surface area contributed by atoms with Crippen LogP contribution in [-0.4, -0.2) is 15.0 Å². The maximum Gasteiger partial charge on any atom is 0.107 e. The summed E-state index contributed by atoms with van der Waals surface area (Å²) in [4.78, 5) is 12.8. The summed E-state index contributed by atoms with van der Waals surface area (Å²) in [6.07, 6.45) is 4.04. The van der Waals surface area contributed by atoms with E-state index in [-0.39, 0.29) is 0 Å². The van der Waals surface area contributed by atoms with E-state index in [1.165, 1.54) is 11.1 Å². The Labute approximate surface area is 131 Å². The third-order valence-corrected chi connectivity index (χ3v) is 4.01. The maximum atomic E-state index is 4.70. The molecule has 3 aromatic rings. The normalized spacial score (nSPS) is 11.2. The third kappa shape index (κ3) is 2.89. The zero-order chi connectivity index (χ0) is 15.5. The maximum absolute atomic E-state index is 4.70. The van der Waals surface area contributed by atoms with Gasteiger partial charge in [-0.2, -0.15) is 0 Å². The van der Waals surface area contributed by atoms with Gasteiger partial charge in [-0.15, -0.1) is 0 Å². The van der Waals surface area contributed by atoms with E-state index < -0.39 is 0 Å². The van der Waals surface area contributed by atoms with Gasteiger partial charge in [0.2, 0.25) is 0 Å². The first-order valence-corrected chi connectivity index (χ1v) is 8.22. The number of H-pyrrole nitrogens is 1. The molecular formula is C19H23N3. The van der Waals surface area contributed by atoms with Gasteiger partial charge < -0.3 is 4.98 Å². The first kappa shape index (κ1) is 14.8. The summed E-state index contributed by atoms with van der Waals surface area (Å²) in [5, 5.41) is 0. The zero-order valence-electron chi connectivity index (χ0n) is 13.6. The molecule has 0 radical (unpaired) electrons. The van der Waals surface area contributed by atoms with E-state index in [0.717, 1.165) is 53.9 Å². The van der Waals surface area contributed by atoms with Crippen molar-refractivity contribution in [1.29, 1.82) is 0 Å². The molecule has 3 rings (SSSR count). The van der Waals surface area contributed by atoms with E-state index in [9.17, 15) is 0 Å². The smallest absolute Gasteiger partial charge is 0.107 e. The number of hydrogen-bond acceptors (Lipinski definition) is 2. The molecular weight excluding hydrogens is 270 g/mol. The quantitative estimate of drug-likeness (QED) is 0.740. The molecule has 22 heavy (non-hydrogen) atoms. The first-order chi connectivity index (χ1) is 10.7. The minimum Gasteiger partial charge on any atom is -0.342 e. The molecule has 3 nitrogen and oxygen atoms in total. The molecule has 0 fully saturated rings. The van der Waals surface area contributed by atoms with E-state index in [0.29, 0.717) is 0 Å². The van der Waals surface area contributed by atoms with Crippen molar-refractivity contribution >= 4 is 11.0 Å². The predicted octanol–water partition coefficient (Wildman–Crippen LogP) is 4.70. The summed E-state index contributed by atoms with van der Waals surface area (Å²) in [6.45, 7) is 6.48. The molecule has 2 heterocycles. The van der Waals surface area contributed by atoms with Gasteiger partial charge in [0, 0.05) is 17.8 Å². The average molecular weight is 293 g/mol. The predicted molar refractivity (Wildman–Crippen MR) is 92.1 cm³/mol. The molecule has 0 atom stereocenters. The van der Waals surface area contributed by atoms with Crippen molar-refractivity contribution in [3.63, 3.8) is 0 Å². The summed E-state index contributed by atoms with van der Waals surface area (Å²) in [5.74, 6) is 1.08. The van der Waals surface area contributed by atoms with Gasteiger partial charge in [-0.05, 0) is 54.7 Å². The second-order valence-electron chi connectivity index (χ2n) is 5.71. The van der Waals surface area contributed by atoms with Crippen LogP contribution in [-0.2, 0) is 19.3 Å². The fraction of sp³-hybridized carbons (Fsp3) is 0.368. The highest BCUT2D eigenvalue weighted by molar-refractivity contribution is 5.82. The highest BCUT2D eigenvalue weighted by Gasteiger charge is 2.07. The van der Waals surface area contributed by atoms with Crippen molar-refractivity contribution < 1.29 is 0 Å². The van der Waals surface area contributed by atoms with Crippen LogP contribution in [0.4, 0.5) is 0 Å². The minimum atomic E-state index is 0.964. The Morgan fingerprint density at radius 3 is 2.23 bits per heavy atom. The van der Waals surface area contributed by atoms with Crippen LogP contribution in [0.15, 0.2) is 30.3 Å². The Morgan fingerprint density at radius 1 is 0.864 bits per heavy atom. The van der Waals surface area contributed by atoms with Gasteiger partial charge in [-0.3, -0.25) is 4.98 Å². The van der Waals surface area contributed by atoms with Crippen LogP contribution in [0.1, 0.15) is 44.4 Å². The van der Waals surface area contributed by atoms with Crippen LogP contribution in [0.25, 0.3) is 22.2 Å². The first-order valence-electron chi connectivity index (χ1n) is 8.22. The standard InChI is InChI=1S/C19H23N3/c1-4-7-19-21-17-9-8-13(12-18(17)22-19)14-10-15(5-2)20-16(6-3)11-14/h8-12H,4-7H2,1-3H3,(H,21,22). The van der Waals surface area contributed by atoms with Crippen LogP contribution in [0.2, 0.25) is 0 Å². The van der Waals surface area contributed by atoms with Gasteiger partial charge in [0.25, 0.3) is 0 Å². The fourth-order valence-corrected chi connectivity index (χ4v) is 2.77. The summed E-state index contributed by atoms with van der Waals surface area (Å²) < 4.78 is 0. The topological polar surface area (TPSA) is 41.6 Å². The minimum absolute atomic E-state index is 0.964. The van der Waals surface area contributed by atoms with Crippen molar-refractivity contribution in [1.82, 2.24) is 15.0 Å². The summed E-state index contributed by atoms with van der Waals surface area (Å²) in [7, 11) is 0. The Kier molecular flexibility index (Phi) is 4.23. The lowest BCUT2D eigenvalue weighted by Crippen LogP contribution is -1.94. The highest BCUT2D eigenvalue weighted by Crippen LogP contribution is 2.25. The van der Waals surface area contributed by atoms with Crippen molar-refractivity contribution in [2.45, 2.75) is 46.5 Å². The number of imidazole rings is 1. The molecule has 3 heteroatoms. The van der Waals surface area contributed by atoms with Gasteiger partial charge in [0.05, 0.1) is 11.0 Å². The Morgan fingerprint density at radius 2 is 1.59 bits per heavy atom. The largest absolute Gasteiger partial charge is 0.342 e. The van der Waals surface area contributed by atoms with E-state index in [4.69, 9.17) is 4.98 Å². The Bertz CT molecular complexity index is 764. The fourth-order valence-electron chi connectivity index (χ4n) is 2.77. The molecule has 2 aromatic heterocycles. The number of aromatic nitrogens is 3. The molecule has 0 spiro atoms.